The van der Waals surface area contributed by atoms with E-state index in [0.717, 1.165) is 37.6 Å². The second-order valence-corrected chi connectivity index (χ2v) is 7.55. The van der Waals surface area contributed by atoms with Gasteiger partial charge in [0.2, 0.25) is 0 Å². The Labute approximate surface area is 202 Å². The molecule has 7 heteroatoms. The number of carbonyl (C=O) groups excluding carboxylic acids is 1. The van der Waals surface area contributed by atoms with Gasteiger partial charge >= 0.3 is 0 Å². The van der Waals surface area contributed by atoms with E-state index in [9.17, 15) is 4.79 Å². The molecule has 0 spiro atoms. The van der Waals surface area contributed by atoms with E-state index in [-0.39, 0.29) is 29.9 Å². The van der Waals surface area contributed by atoms with Crippen LogP contribution in [0.4, 0.5) is 5.69 Å². The number of nitrogens with zero attached hydrogens (tertiary/aromatic N) is 3. The van der Waals surface area contributed by atoms with Crippen LogP contribution in [0.1, 0.15) is 21.5 Å². The van der Waals surface area contributed by atoms with E-state index < -0.39 is 0 Å². The van der Waals surface area contributed by atoms with Crippen molar-refractivity contribution >= 4 is 41.5 Å². The first kappa shape index (κ1) is 24.7. The van der Waals surface area contributed by atoms with Crippen molar-refractivity contribution in [3.05, 3.63) is 77.4 Å². The Balaban J connectivity index is 0.00000341. The van der Waals surface area contributed by atoms with Gasteiger partial charge in [0, 0.05) is 58.6 Å². The van der Waals surface area contributed by atoms with Gasteiger partial charge in [-0.15, -0.1) is 24.0 Å². The lowest BCUT2D eigenvalue weighted by Crippen LogP contribution is -2.37. The van der Waals surface area contributed by atoms with E-state index in [1.807, 2.05) is 24.3 Å². The van der Waals surface area contributed by atoms with Crippen LogP contribution in [0.25, 0.3) is 0 Å². The molecule has 2 aromatic rings. The number of carbonyl (C=O) groups is 1. The summed E-state index contributed by atoms with van der Waals surface area (Å²) in [5, 5.41) is 6.70. The van der Waals surface area contributed by atoms with Gasteiger partial charge in [0.15, 0.2) is 5.96 Å². The minimum Gasteiger partial charge on any atom is -0.364 e. The van der Waals surface area contributed by atoms with Crippen LogP contribution in [-0.2, 0) is 13.0 Å². The first-order chi connectivity index (χ1) is 14.6. The number of anilines is 1. The summed E-state index contributed by atoms with van der Waals surface area (Å²) in [7, 11) is 5.31. The summed E-state index contributed by atoms with van der Waals surface area (Å²) >= 11 is 0. The summed E-state index contributed by atoms with van der Waals surface area (Å²) in [4.78, 5) is 20.3. The van der Waals surface area contributed by atoms with E-state index in [2.05, 4.69) is 56.9 Å². The molecule has 0 atom stereocenters. The molecule has 0 aromatic heterocycles. The molecule has 6 nitrogen and oxygen atoms in total. The first-order valence-electron chi connectivity index (χ1n) is 10.3. The summed E-state index contributed by atoms with van der Waals surface area (Å²) < 4.78 is 0. The molecular formula is C24H32IN5O. The molecule has 31 heavy (non-hydrogen) atoms. The van der Waals surface area contributed by atoms with Crippen LogP contribution in [-0.4, -0.2) is 57.5 Å². The lowest BCUT2D eigenvalue weighted by Gasteiger charge is -2.18. The van der Waals surface area contributed by atoms with Gasteiger partial charge in [-0.05, 0) is 41.8 Å². The van der Waals surface area contributed by atoms with Crippen molar-refractivity contribution in [1.82, 2.24) is 15.5 Å². The fraction of sp³-hybridized carbons (Fsp3) is 0.333. The standard InChI is InChI=1S/C24H31N5O.HI/c1-25-24(26-14-13-19-7-6-8-21(17-19)23(30)28(2)3)27-18-20-9-11-22(12-10-20)29-15-4-5-16-29;/h4-12,17H,13-16,18H2,1-3H3,(H2,25,26,27);1H. The number of guanidine groups is 1. The Morgan fingerprint density at radius 3 is 2.39 bits per heavy atom. The smallest absolute Gasteiger partial charge is 0.253 e. The molecule has 2 N–H and O–H groups in total. The van der Waals surface area contributed by atoms with E-state index in [1.54, 1.807) is 26.0 Å². The van der Waals surface area contributed by atoms with Crippen molar-refractivity contribution in [2.24, 2.45) is 4.99 Å². The third kappa shape index (κ3) is 7.27. The second-order valence-electron chi connectivity index (χ2n) is 7.55. The largest absolute Gasteiger partial charge is 0.364 e. The Kier molecular flexibility index (Phi) is 9.84. The van der Waals surface area contributed by atoms with Gasteiger partial charge in [-0.3, -0.25) is 9.79 Å². The monoisotopic (exact) mass is 533 g/mol. The summed E-state index contributed by atoms with van der Waals surface area (Å²) in [6, 6.07) is 16.4. The van der Waals surface area contributed by atoms with Gasteiger partial charge in [-0.1, -0.05) is 36.4 Å². The van der Waals surface area contributed by atoms with E-state index in [1.165, 1.54) is 11.3 Å². The van der Waals surface area contributed by atoms with E-state index in [4.69, 9.17) is 0 Å². The zero-order valence-corrected chi connectivity index (χ0v) is 20.8. The molecule has 166 valence electrons. The molecule has 0 bridgehead atoms. The highest BCUT2D eigenvalue weighted by Crippen LogP contribution is 2.17. The zero-order chi connectivity index (χ0) is 21.3. The predicted octanol–water partition coefficient (Wildman–Crippen LogP) is 3.29. The molecule has 2 aromatic carbocycles. The molecule has 1 aliphatic heterocycles. The molecule has 1 amide bonds. The quantitative estimate of drug-likeness (QED) is 0.248. The highest BCUT2D eigenvalue weighted by atomic mass is 127. The molecule has 1 aliphatic rings. The SMILES string of the molecule is CN=C(NCCc1cccc(C(=O)N(C)C)c1)NCc1ccc(N2CC=CC2)cc1.I. The zero-order valence-electron chi connectivity index (χ0n) is 18.5. The minimum absolute atomic E-state index is 0. The number of halogens is 1. The maximum Gasteiger partial charge on any atom is 0.253 e. The molecule has 0 radical (unpaired) electrons. The van der Waals surface area contributed by atoms with Crippen LogP contribution in [0.3, 0.4) is 0 Å². The van der Waals surface area contributed by atoms with Gasteiger partial charge < -0.3 is 20.4 Å². The third-order valence-corrected chi connectivity index (χ3v) is 5.09. The fourth-order valence-corrected chi connectivity index (χ4v) is 3.36. The Morgan fingerprint density at radius 2 is 1.74 bits per heavy atom. The maximum absolute atomic E-state index is 12.1. The van der Waals surface area contributed by atoms with E-state index >= 15 is 0 Å². The van der Waals surface area contributed by atoms with Crippen molar-refractivity contribution in [3.8, 4) is 0 Å². The number of hydrogen-bond acceptors (Lipinski definition) is 3. The molecule has 0 saturated heterocycles. The number of amides is 1. The highest BCUT2D eigenvalue weighted by Gasteiger charge is 2.09. The van der Waals surface area contributed by atoms with Crippen molar-refractivity contribution in [2.45, 2.75) is 13.0 Å². The van der Waals surface area contributed by atoms with Crippen LogP contribution < -0.4 is 15.5 Å². The minimum atomic E-state index is 0. The second kappa shape index (κ2) is 12.3. The molecule has 3 rings (SSSR count). The maximum atomic E-state index is 12.1. The summed E-state index contributed by atoms with van der Waals surface area (Å²) in [6.45, 7) is 3.42. The summed E-state index contributed by atoms with van der Waals surface area (Å²) in [5.74, 6) is 0.789. The Bertz CT molecular complexity index is 900. The van der Waals surface area contributed by atoms with Gasteiger partial charge in [-0.25, -0.2) is 0 Å². The van der Waals surface area contributed by atoms with Crippen molar-refractivity contribution < 1.29 is 4.79 Å². The average Bonchev–Trinajstić information content (AvgIpc) is 3.31. The van der Waals surface area contributed by atoms with Gasteiger partial charge in [0.1, 0.15) is 0 Å². The third-order valence-electron chi connectivity index (χ3n) is 5.09. The van der Waals surface area contributed by atoms with Crippen LogP contribution in [0, 0.1) is 0 Å². The van der Waals surface area contributed by atoms with Crippen LogP contribution in [0.2, 0.25) is 0 Å². The number of hydrogen-bond donors (Lipinski definition) is 2. The van der Waals surface area contributed by atoms with Gasteiger partial charge in [0.25, 0.3) is 5.91 Å². The number of benzene rings is 2. The van der Waals surface area contributed by atoms with E-state index in [0.29, 0.717) is 12.1 Å². The summed E-state index contributed by atoms with van der Waals surface area (Å²) in [5.41, 5.74) is 4.30. The van der Waals surface area contributed by atoms with Gasteiger partial charge in [-0.2, -0.15) is 0 Å². The Hall–Kier alpha value is -2.55. The molecule has 0 unspecified atom stereocenters. The lowest BCUT2D eigenvalue weighted by molar-refractivity contribution is 0.0827. The predicted molar refractivity (Wildman–Crippen MR) is 140 cm³/mol. The Morgan fingerprint density at radius 1 is 1.03 bits per heavy atom. The van der Waals surface area contributed by atoms with Crippen molar-refractivity contribution in [1.29, 1.82) is 0 Å². The number of rotatable bonds is 7. The molecule has 0 saturated carbocycles. The number of aliphatic imine (C=N–C) groups is 1. The highest BCUT2D eigenvalue weighted by molar-refractivity contribution is 14.0. The normalized spacial score (nSPS) is 13.0. The number of nitrogens with one attached hydrogen (secondary N) is 2. The fourth-order valence-electron chi connectivity index (χ4n) is 3.36. The average molecular weight is 533 g/mol. The molecule has 0 aliphatic carbocycles. The lowest BCUT2D eigenvalue weighted by atomic mass is 10.1. The van der Waals surface area contributed by atoms with Crippen LogP contribution in [0.5, 0.6) is 0 Å². The van der Waals surface area contributed by atoms with Crippen LogP contribution in [0.15, 0.2) is 65.7 Å². The molecular weight excluding hydrogens is 501 g/mol. The summed E-state index contributed by atoms with van der Waals surface area (Å²) in [6.07, 6.45) is 5.21. The molecule has 1 heterocycles. The van der Waals surface area contributed by atoms with Crippen molar-refractivity contribution in [3.63, 3.8) is 0 Å². The molecule has 0 fully saturated rings. The van der Waals surface area contributed by atoms with Crippen molar-refractivity contribution in [2.75, 3.05) is 45.7 Å². The van der Waals surface area contributed by atoms with Crippen LogP contribution >= 0.6 is 24.0 Å². The first-order valence-corrected chi connectivity index (χ1v) is 10.3. The topological polar surface area (TPSA) is 60.0 Å². The van der Waals surface area contributed by atoms with Gasteiger partial charge in [0.05, 0.1) is 0 Å².